The van der Waals surface area contributed by atoms with Gasteiger partial charge in [-0.1, -0.05) is 6.07 Å². The van der Waals surface area contributed by atoms with Gasteiger partial charge in [0.05, 0.1) is 17.0 Å². The van der Waals surface area contributed by atoms with E-state index in [1.807, 2.05) is 0 Å². The maximum absolute atomic E-state index is 12.1. The zero-order valence-electron chi connectivity index (χ0n) is 14.9. The summed E-state index contributed by atoms with van der Waals surface area (Å²) in [5, 5.41) is 2.58. The van der Waals surface area contributed by atoms with Crippen molar-refractivity contribution in [2.75, 3.05) is 33.3 Å². The molecular weight excluding hydrogens is 362 g/mol. The minimum absolute atomic E-state index is 0.000833. The summed E-state index contributed by atoms with van der Waals surface area (Å²) in [5.74, 6) is -1.66. The Kier molecular flexibility index (Phi) is 8.20. The van der Waals surface area contributed by atoms with Crippen LogP contribution in [0.4, 0.5) is 0 Å². The average molecular weight is 385 g/mol. The van der Waals surface area contributed by atoms with Gasteiger partial charge in [0, 0.05) is 13.1 Å². The molecule has 2 N–H and O–H groups in total. The third-order valence-electron chi connectivity index (χ3n) is 3.42. The van der Waals surface area contributed by atoms with Crippen LogP contribution >= 0.6 is 0 Å². The van der Waals surface area contributed by atoms with E-state index < -0.39 is 28.5 Å². The van der Waals surface area contributed by atoms with Crippen LogP contribution in [0, 0.1) is 0 Å². The van der Waals surface area contributed by atoms with E-state index in [0.717, 1.165) is 6.07 Å². The number of sulfonamides is 1. The van der Waals surface area contributed by atoms with E-state index in [2.05, 4.69) is 10.0 Å². The summed E-state index contributed by atoms with van der Waals surface area (Å²) < 4.78 is 30.6. The van der Waals surface area contributed by atoms with E-state index >= 15 is 0 Å². The van der Waals surface area contributed by atoms with Gasteiger partial charge in [0.25, 0.3) is 5.91 Å². The predicted octanol–water partition coefficient (Wildman–Crippen LogP) is -0.264. The van der Waals surface area contributed by atoms with Gasteiger partial charge in [-0.05, 0) is 39.1 Å². The standard InChI is InChI=1S/C16H23N3O6S/c1-4-18-14(20)10-19(5-2)15(21)11-25-16(22)12-7-6-8-13(9-12)26(23,24)17-3/h6-9,17H,4-5,10-11H2,1-3H3,(H,18,20). The van der Waals surface area contributed by atoms with Gasteiger partial charge in [-0.3, -0.25) is 9.59 Å². The first-order valence-corrected chi connectivity index (χ1v) is 9.48. The molecule has 0 unspecified atom stereocenters. The van der Waals surface area contributed by atoms with Gasteiger partial charge in [0.1, 0.15) is 0 Å². The highest BCUT2D eigenvalue weighted by Gasteiger charge is 2.19. The second-order valence-electron chi connectivity index (χ2n) is 5.17. The van der Waals surface area contributed by atoms with Crippen LogP contribution in [0.2, 0.25) is 0 Å². The number of hydrogen-bond acceptors (Lipinski definition) is 6. The van der Waals surface area contributed by atoms with Crippen molar-refractivity contribution in [3.63, 3.8) is 0 Å². The summed E-state index contributed by atoms with van der Waals surface area (Å²) in [7, 11) is -2.44. The Labute approximate surface area is 152 Å². The summed E-state index contributed by atoms with van der Waals surface area (Å²) in [6.45, 7) is 3.52. The molecular formula is C16H23N3O6S. The van der Waals surface area contributed by atoms with Crippen LogP contribution in [0.3, 0.4) is 0 Å². The minimum Gasteiger partial charge on any atom is -0.452 e. The highest BCUT2D eigenvalue weighted by Crippen LogP contribution is 2.12. The van der Waals surface area contributed by atoms with Gasteiger partial charge in [0.2, 0.25) is 15.9 Å². The van der Waals surface area contributed by atoms with Crippen molar-refractivity contribution < 1.29 is 27.5 Å². The van der Waals surface area contributed by atoms with Crippen molar-refractivity contribution in [1.29, 1.82) is 0 Å². The van der Waals surface area contributed by atoms with E-state index in [9.17, 15) is 22.8 Å². The largest absolute Gasteiger partial charge is 0.452 e. The quantitative estimate of drug-likeness (QED) is 0.565. The van der Waals surface area contributed by atoms with Crippen molar-refractivity contribution in [3.8, 4) is 0 Å². The smallest absolute Gasteiger partial charge is 0.338 e. The zero-order valence-corrected chi connectivity index (χ0v) is 15.8. The zero-order chi connectivity index (χ0) is 19.7. The number of amides is 2. The lowest BCUT2D eigenvalue weighted by atomic mass is 10.2. The molecule has 2 amide bonds. The first-order valence-electron chi connectivity index (χ1n) is 8.00. The van der Waals surface area contributed by atoms with Crippen LogP contribution in [-0.2, 0) is 24.3 Å². The Hall–Kier alpha value is -2.46. The molecule has 0 heterocycles. The van der Waals surface area contributed by atoms with E-state index in [1.54, 1.807) is 13.8 Å². The number of rotatable bonds is 9. The lowest BCUT2D eigenvalue weighted by Crippen LogP contribution is -2.42. The summed E-state index contributed by atoms with van der Waals surface area (Å²) in [6.07, 6.45) is 0. The first-order chi connectivity index (χ1) is 12.2. The Morgan fingerprint density at radius 1 is 1.19 bits per heavy atom. The fraction of sp³-hybridized carbons (Fsp3) is 0.438. The molecule has 0 fully saturated rings. The number of carbonyl (C=O) groups excluding carboxylic acids is 3. The third kappa shape index (κ3) is 6.12. The lowest BCUT2D eigenvalue weighted by molar-refractivity contribution is -0.138. The SMILES string of the molecule is CCNC(=O)CN(CC)C(=O)COC(=O)c1cccc(S(=O)(=O)NC)c1. The Morgan fingerprint density at radius 2 is 1.88 bits per heavy atom. The number of esters is 1. The fourth-order valence-corrected chi connectivity index (χ4v) is 2.79. The molecule has 1 aromatic carbocycles. The highest BCUT2D eigenvalue weighted by atomic mass is 32.2. The molecule has 0 atom stereocenters. The monoisotopic (exact) mass is 385 g/mol. The van der Waals surface area contributed by atoms with Crippen LogP contribution in [0.15, 0.2) is 29.2 Å². The number of nitrogens with zero attached hydrogens (tertiary/aromatic N) is 1. The molecule has 26 heavy (non-hydrogen) atoms. The Morgan fingerprint density at radius 3 is 2.46 bits per heavy atom. The molecule has 0 saturated carbocycles. The van der Waals surface area contributed by atoms with Gasteiger partial charge in [-0.25, -0.2) is 17.9 Å². The fourth-order valence-electron chi connectivity index (χ4n) is 2.01. The van der Waals surface area contributed by atoms with E-state index in [-0.39, 0.29) is 29.5 Å². The topological polar surface area (TPSA) is 122 Å². The summed E-state index contributed by atoms with van der Waals surface area (Å²) in [6, 6.07) is 5.27. The number of ether oxygens (including phenoxy) is 1. The number of likely N-dealkylation sites (N-methyl/N-ethyl adjacent to an activating group) is 2. The molecule has 0 aliphatic rings. The molecule has 144 valence electrons. The van der Waals surface area contributed by atoms with Crippen LogP contribution in [-0.4, -0.2) is 64.4 Å². The van der Waals surface area contributed by atoms with Crippen LogP contribution in [0.5, 0.6) is 0 Å². The summed E-state index contributed by atoms with van der Waals surface area (Å²) in [5.41, 5.74) is 0.000833. The molecule has 9 nitrogen and oxygen atoms in total. The minimum atomic E-state index is -3.70. The van der Waals surface area contributed by atoms with E-state index in [1.165, 1.54) is 30.1 Å². The molecule has 0 aliphatic heterocycles. The average Bonchev–Trinajstić information content (AvgIpc) is 2.64. The Bertz CT molecular complexity index is 763. The Balaban J connectivity index is 2.72. The molecule has 0 saturated heterocycles. The first kappa shape index (κ1) is 21.6. The van der Waals surface area contributed by atoms with E-state index in [4.69, 9.17) is 4.74 Å². The maximum Gasteiger partial charge on any atom is 0.338 e. The normalized spacial score (nSPS) is 10.9. The summed E-state index contributed by atoms with van der Waals surface area (Å²) >= 11 is 0. The molecule has 1 rings (SSSR count). The van der Waals surface area contributed by atoms with Crippen molar-refractivity contribution in [1.82, 2.24) is 14.9 Å². The summed E-state index contributed by atoms with van der Waals surface area (Å²) in [4.78, 5) is 36.9. The van der Waals surface area contributed by atoms with Crippen molar-refractivity contribution >= 4 is 27.8 Å². The van der Waals surface area contributed by atoms with Crippen LogP contribution in [0.25, 0.3) is 0 Å². The molecule has 0 bridgehead atoms. The van der Waals surface area contributed by atoms with Gasteiger partial charge < -0.3 is 15.0 Å². The highest BCUT2D eigenvalue weighted by molar-refractivity contribution is 7.89. The van der Waals surface area contributed by atoms with Gasteiger partial charge >= 0.3 is 5.97 Å². The molecule has 0 spiro atoms. The molecule has 0 aliphatic carbocycles. The van der Waals surface area contributed by atoms with Gasteiger partial charge in [0.15, 0.2) is 6.61 Å². The number of benzene rings is 1. The molecule has 0 aromatic heterocycles. The van der Waals surface area contributed by atoms with Crippen LogP contribution < -0.4 is 10.0 Å². The van der Waals surface area contributed by atoms with Gasteiger partial charge in [-0.2, -0.15) is 0 Å². The predicted molar refractivity (Wildman–Crippen MR) is 93.9 cm³/mol. The second-order valence-corrected chi connectivity index (χ2v) is 7.06. The molecule has 10 heteroatoms. The second kappa shape index (κ2) is 9.88. The molecule has 1 aromatic rings. The van der Waals surface area contributed by atoms with E-state index in [0.29, 0.717) is 6.54 Å². The molecule has 0 radical (unpaired) electrons. The van der Waals surface area contributed by atoms with Crippen molar-refractivity contribution in [2.24, 2.45) is 0 Å². The number of nitrogens with one attached hydrogen (secondary N) is 2. The number of hydrogen-bond donors (Lipinski definition) is 2. The maximum atomic E-state index is 12.1. The van der Waals surface area contributed by atoms with Crippen LogP contribution in [0.1, 0.15) is 24.2 Å². The van der Waals surface area contributed by atoms with Crippen molar-refractivity contribution in [2.45, 2.75) is 18.7 Å². The van der Waals surface area contributed by atoms with Crippen molar-refractivity contribution in [3.05, 3.63) is 29.8 Å². The van der Waals surface area contributed by atoms with Gasteiger partial charge in [-0.15, -0.1) is 0 Å². The number of carbonyl (C=O) groups is 3. The lowest BCUT2D eigenvalue weighted by Gasteiger charge is -2.20. The third-order valence-corrected chi connectivity index (χ3v) is 4.83.